The highest BCUT2D eigenvalue weighted by molar-refractivity contribution is 9.10. The molecule has 3 rings (SSSR count). The molecule has 0 aliphatic heterocycles. The summed E-state index contributed by atoms with van der Waals surface area (Å²) in [6, 6.07) is 1.75. The van der Waals surface area contributed by atoms with Crippen LogP contribution in [0.3, 0.4) is 0 Å². The van der Waals surface area contributed by atoms with Crippen LogP contribution in [0.15, 0.2) is 22.9 Å². The average molecular weight is 326 g/mol. The Hall–Kier alpha value is -0.770. The second-order valence-corrected chi connectivity index (χ2v) is 7.59. The zero-order valence-electron chi connectivity index (χ0n) is 11.6. The molecule has 2 fully saturated rings. The Kier molecular flexibility index (Phi) is 2.86. The Morgan fingerprint density at radius 2 is 2.16 bits per heavy atom. The Balaban J connectivity index is 1.86. The van der Waals surface area contributed by atoms with Crippen LogP contribution in [0.1, 0.15) is 40.0 Å². The van der Waals surface area contributed by atoms with Crippen LogP contribution in [0, 0.1) is 22.0 Å². The zero-order chi connectivity index (χ0) is 13.8. The molecular formula is C15H20BrNO2. The van der Waals surface area contributed by atoms with Crippen LogP contribution in [-0.4, -0.2) is 6.10 Å². The number of hydrogen-bond donors (Lipinski definition) is 0. The second-order valence-electron chi connectivity index (χ2n) is 6.73. The maximum atomic E-state index is 11.2. The molecule has 19 heavy (non-hydrogen) atoms. The number of aromatic nitrogens is 1. The molecular weight excluding hydrogens is 306 g/mol. The Bertz CT molecular complexity index is 517. The molecule has 1 aromatic heterocycles. The number of hydrogen-bond acceptors (Lipinski definition) is 2. The number of ether oxygens (including phenoxy) is 1. The van der Waals surface area contributed by atoms with Gasteiger partial charge in [-0.05, 0) is 46.5 Å². The third kappa shape index (κ3) is 1.79. The second kappa shape index (κ2) is 4.11. The molecule has 104 valence electrons. The van der Waals surface area contributed by atoms with Gasteiger partial charge in [0.1, 0.15) is 16.3 Å². The highest BCUT2D eigenvalue weighted by Crippen LogP contribution is 2.66. The highest BCUT2D eigenvalue weighted by atomic mass is 79.9. The standard InChI is InChI=1S/C15H20BrNO2/c1-14(2)10-4-6-15(14,3)13(8-10)19-12-5-7-17(18)9-11(12)16/h5,7,9-10,13H,4,6,8H2,1-3H3/t10-,13+,15-/m0/s1. The number of nitrogens with zero attached hydrogens (tertiary/aromatic N) is 1. The molecule has 0 radical (unpaired) electrons. The first-order valence-corrected chi connectivity index (χ1v) is 7.69. The molecule has 3 atom stereocenters. The summed E-state index contributed by atoms with van der Waals surface area (Å²) in [6.07, 6.45) is 6.92. The normalized spacial score (nSPS) is 35.6. The number of pyridine rings is 1. The summed E-state index contributed by atoms with van der Waals surface area (Å²) in [6.45, 7) is 7.11. The van der Waals surface area contributed by atoms with E-state index in [-0.39, 0.29) is 11.5 Å². The van der Waals surface area contributed by atoms with Crippen molar-refractivity contribution >= 4 is 15.9 Å². The van der Waals surface area contributed by atoms with Gasteiger partial charge in [0.05, 0.1) is 0 Å². The summed E-state index contributed by atoms with van der Waals surface area (Å²) in [5.41, 5.74) is 0.581. The minimum absolute atomic E-state index is 0.236. The van der Waals surface area contributed by atoms with Gasteiger partial charge < -0.3 is 9.94 Å². The largest absolute Gasteiger partial charge is 0.619 e. The van der Waals surface area contributed by atoms with E-state index in [9.17, 15) is 5.21 Å². The molecule has 2 saturated carbocycles. The molecule has 0 spiro atoms. The predicted octanol–water partition coefficient (Wildman–Crippen LogP) is 3.68. The first kappa shape index (κ1) is 13.2. The molecule has 0 aromatic carbocycles. The molecule has 2 aliphatic rings. The first-order chi connectivity index (χ1) is 8.84. The van der Waals surface area contributed by atoms with Crippen molar-refractivity contribution in [3.63, 3.8) is 0 Å². The summed E-state index contributed by atoms with van der Waals surface area (Å²) in [5.74, 6) is 1.54. The number of fused-ring (bicyclic) bond motifs is 2. The van der Waals surface area contributed by atoms with Crippen molar-refractivity contribution in [2.24, 2.45) is 16.7 Å². The maximum Gasteiger partial charge on any atom is 0.198 e. The van der Waals surface area contributed by atoms with Crippen molar-refractivity contribution in [3.8, 4) is 5.75 Å². The first-order valence-electron chi connectivity index (χ1n) is 6.89. The molecule has 0 unspecified atom stereocenters. The minimum Gasteiger partial charge on any atom is -0.619 e. The summed E-state index contributed by atoms with van der Waals surface area (Å²) in [4.78, 5) is 0. The van der Waals surface area contributed by atoms with Crippen molar-refractivity contribution in [3.05, 3.63) is 28.1 Å². The summed E-state index contributed by atoms with van der Waals surface area (Å²) < 4.78 is 7.75. The van der Waals surface area contributed by atoms with Gasteiger partial charge in [0.25, 0.3) is 0 Å². The van der Waals surface area contributed by atoms with Gasteiger partial charge in [0.15, 0.2) is 12.4 Å². The zero-order valence-corrected chi connectivity index (χ0v) is 13.2. The van der Waals surface area contributed by atoms with E-state index in [0.29, 0.717) is 5.41 Å². The molecule has 1 aromatic rings. The average Bonchev–Trinajstić information content (AvgIpc) is 2.65. The topological polar surface area (TPSA) is 36.2 Å². The van der Waals surface area contributed by atoms with E-state index in [1.165, 1.54) is 25.2 Å². The monoisotopic (exact) mass is 325 g/mol. The van der Waals surface area contributed by atoms with Crippen molar-refractivity contribution in [2.45, 2.75) is 46.1 Å². The van der Waals surface area contributed by atoms with Crippen molar-refractivity contribution < 1.29 is 9.47 Å². The van der Waals surface area contributed by atoms with E-state index in [1.54, 1.807) is 6.07 Å². The summed E-state index contributed by atoms with van der Waals surface area (Å²) >= 11 is 3.41. The van der Waals surface area contributed by atoms with Gasteiger partial charge in [-0.3, -0.25) is 0 Å². The lowest BCUT2D eigenvalue weighted by molar-refractivity contribution is -0.606. The number of rotatable bonds is 2. The molecule has 2 bridgehead atoms. The highest BCUT2D eigenvalue weighted by Gasteiger charge is 2.62. The maximum absolute atomic E-state index is 11.2. The fourth-order valence-corrected chi connectivity index (χ4v) is 4.42. The molecule has 1 heterocycles. The minimum atomic E-state index is 0.236. The molecule has 4 heteroatoms. The quantitative estimate of drug-likeness (QED) is 0.614. The van der Waals surface area contributed by atoms with Gasteiger partial charge in [-0.25, -0.2) is 0 Å². The van der Waals surface area contributed by atoms with Crippen LogP contribution in [0.2, 0.25) is 0 Å². The van der Waals surface area contributed by atoms with Crippen LogP contribution in [0.4, 0.5) is 0 Å². The van der Waals surface area contributed by atoms with Crippen LogP contribution in [-0.2, 0) is 0 Å². The van der Waals surface area contributed by atoms with Gasteiger partial charge in [0.2, 0.25) is 0 Å². The van der Waals surface area contributed by atoms with Crippen molar-refractivity contribution in [1.82, 2.24) is 0 Å². The molecule has 0 saturated heterocycles. The molecule has 2 aliphatic carbocycles. The fraction of sp³-hybridized carbons (Fsp3) is 0.667. The van der Waals surface area contributed by atoms with Gasteiger partial charge in [-0.1, -0.05) is 20.8 Å². The smallest absolute Gasteiger partial charge is 0.198 e. The lowest BCUT2D eigenvalue weighted by atomic mass is 9.70. The predicted molar refractivity (Wildman–Crippen MR) is 76.7 cm³/mol. The van der Waals surface area contributed by atoms with Gasteiger partial charge in [-0.2, -0.15) is 4.73 Å². The van der Waals surface area contributed by atoms with Crippen molar-refractivity contribution in [1.29, 1.82) is 0 Å². The Morgan fingerprint density at radius 1 is 1.42 bits per heavy atom. The van der Waals surface area contributed by atoms with Crippen LogP contribution < -0.4 is 9.47 Å². The van der Waals surface area contributed by atoms with Gasteiger partial charge in [-0.15, -0.1) is 0 Å². The Labute approximate surface area is 122 Å². The van der Waals surface area contributed by atoms with Crippen LogP contribution in [0.5, 0.6) is 5.75 Å². The van der Waals surface area contributed by atoms with E-state index in [0.717, 1.165) is 27.3 Å². The third-order valence-corrected chi connectivity index (χ3v) is 6.43. The SMILES string of the molecule is CC1(C)[C@H]2CC[C@@]1(C)[C@H](Oc1cc[n+]([O-])cc1Br)C2. The lowest BCUT2D eigenvalue weighted by Gasteiger charge is -2.38. The molecule has 0 amide bonds. The lowest BCUT2D eigenvalue weighted by Crippen LogP contribution is -2.39. The van der Waals surface area contributed by atoms with Crippen molar-refractivity contribution in [2.75, 3.05) is 0 Å². The molecule has 0 N–H and O–H groups in total. The molecule has 3 nitrogen and oxygen atoms in total. The van der Waals surface area contributed by atoms with E-state index in [1.807, 2.05) is 0 Å². The summed E-state index contributed by atoms with van der Waals surface area (Å²) in [7, 11) is 0. The van der Waals surface area contributed by atoms with E-state index in [2.05, 4.69) is 36.7 Å². The third-order valence-electron chi connectivity index (χ3n) is 5.83. The van der Waals surface area contributed by atoms with Gasteiger partial charge >= 0.3 is 0 Å². The Morgan fingerprint density at radius 3 is 2.68 bits per heavy atom. The fourth-order valence-electron chi connectivity index (χ4n) is 4.00. The van der Waals surface area contributed by atoms with E-state index >= 15 is 0 Å². The van der Waals surface area contributed by atoms with Gasteiger partial charge in [0, 0.05) is 11.5 Å². The van der Waals surface area contributed by atoms with Crippen LogP contribution >= 0.6 is 15.9 Å². The van der Waals surface area contributed by atoms with E-state index in [4.69, 9.17) is 4.74 Å². The summed E-state index contributed by atoms with van der Waals surface area (Å²) in [5, 5.41) is 11.2. The van der Waals surface area contributed by atoms with E-state index < -0.39 is 0 Å². The van der Waals surface area contributed by atoms with Crippen LogP contribution in [0.25, 0.3) is 0 Å². The number of halogens is 1.